The van der Waals surface area contributed by atoms with Crippen molar-refractivity contribution >= 4 is 17.9 Å². The van der Waals surface area contributed by atoms with Gasteiger partial charge in [0.15, 0.2) is 6.10 Å². The molecule has 0 aromatic rings. The SMILES string of the molecule is CC/C=C\C/C=C\C/C=C\C/C=C\C/C=C\C/C=C\CCCCCCCCCCCCC(=O)OCC(COC(=O)CCCCCCC/C=C\C/C=C\CCCC)OC(=O)CCCCCCCCCCC/C=C\C/C=C\CCCCCCC. The second kappa shape index (κ2) is 69.3. The molecule has 6 nitrogen and oxygen atoms in total. The number of hydrogen-bond acceptors (Lipinski definition) is 6. The molecule has 0 aromatic carbocycles. The largest absolute Gasteiger partial charge is 0.462 e. The molecule has 0 amide bonds. The molecule has 0 aliphatic carbocycles. The van der Waals surface area contributed by atoms with Crippen molar-refractivity contribution in [1.29, 1.82) is 0 Å². The van der Waals surface area contributed by atoms with Crippen LogP contribution in [0.2, 0.25) is 0 Å². The van der Waals surface area contributed by atoms with Crippen LogP contribution in [0, 0.1) is 0 Å². The first kappa shape index (κ1) is 77.8. The van der Waals surface area contributed by atoms with Crippen LogP contribution in [0.5, 0.6) is 0 Å². The van der Waals surface area contributed by atoms with Crippen LogP contribution in [0.15, 0.2) is 122 Å². The van der Waals surface area contributed by atoms with Crippen LogP contribution < -0.4 is 0 Å². The van der Waals surface area contributed by atoms with Gasteiger partial charge in [-0.2, -0.15) is 0 Å². The molecule has 1 atom stereocenters. The van der Waals surface area contributed by atoms with Crippen molar-refractivity contribution in [2.75, 3.05) is 13.2 Å². The summed E-state index contributed by atoms with van der Waals surface area (Å²) in [6.45, 7) is 6.48. The van der Waals surface area contributed by atoms with Gasteiger partial charge in [-0.1, -0.05) is 296 Å². The highest BCUT2D eigenvalue weighted by Gasteiger charge is 2.19. The fourth-order valence-corrected chi connectivity index (χ4v) is 9.49. The van der Waals surface area contributed by atoms with Gasteiger partial charge in [0.2, 0.25) is 0 Å². The van der Waals surface area contributed by atoms with Crippen molar-refractivity contribution < 1.29 is 28.6 Å². The summed E-state index contributed by atoms with van der Waals surface area (Å²) in [5, 5.41) is 0. The number of hydrogen-bond donors (Lipinski definition) is 0. The van der Waals surface area contributed by atoms with Gasteiger partial charge >= 0.3 is 17.9 Å². The van der Waals surface area contributed by atoms with E-state index in [0.29, 0.717) is 19.3 Å². The Kier molecular flexibility index (Phi) is 65.8. The van der Waals surface area contributed by atoms with Crippen LogP contribution in [-0.2, 0) is 28.6 Å². The standard InChI is InChI=1S/C76H128O6/c1-4-7-10-13-16-19-22-25-28-30-32-34-35-36-37-38-39-40-41-43-44-46-48-51-54-57-60-63-66-69-75(78)81-72-73(71-80-74(77)68-65-62-59-56-53-50-27-24-21-18-15-12-9-6-3)82-76(79)70-67-64-61-58-55-52-49-47-45-42-33-31-29-26-23-20-17-14-11-8-5-2/h7,10,15-16,18-19,23-28,31-34,36-37,39-40,73H,4-6,8-9,11-14,17,20-22,29-30,35,38,41-72H2,1-3H3/b10-7-,18-15-,19-16-,26-23-,27-24-,28-25-,33-31-,34-32-,37-36-,40-39-. The lowest BCUT2D eigenvalue weighted by atomic mass is 10.1. The van der Waals surface area contributed by atoms with Crippen LogP contribution >= 0.6 is 0 Å². The van der Waals surface area contributed by atoms with Crippen LogP contribution in [0.1, 0.15) is 323 Å². The van der Waals surface area contributed by atoms with Crippen molar-refractivity contribution in [2.45, 2.75) is 329 Å². The minimum absolute atomic E-state index is 0.0875. The van der Waals surface area contributed by atoms with Crippen LogP contribution in [0.25, 0.3) is 0 Å². The van der Waals surface area contributed by atoms with E-state index < -0.39 is 6.10 Å². The summed E-state index contributed by atoms with van der Waals surface area (Å²) >= 11 is 0. The summed E-state index contributed by atoms with van der Waals surface area (Å²) in [7, 11) is 0. The van der Waals surface area contributed by atoms with E-state index in [1.54, 1.807) is 0 Å². The predicted molar refractivity (Wildman–Crippen MR) is 357 cm³/mol. The highest BCUT2D eigenvalue weighted by Crippen LogP contribution is 2.16. The molecule has 0 aliphatic rings. The lowest BCUT2D eigenvalue weighted by Gasteiger charge is -2.18. The number of ether oxygens (including phenoxy) is 3. The van der Waals surface area contributed by atoms with Gasteiger partial charge in [-0.05, 0) is 128 Å². The molecule has 468 valence electrons. The second-order valence-electron chi connectivity index (χ2n) is 22.7. The van der Waals surface area contributed by atoms with Crippen LogP contribution in [-0.4, -0.2) is 37.2 Å². The van der Waals surface area contributed by atoms with Gasteiger partial charge in [0.25, 0.3) is 0 Å². The molecule has 0 aromatic heterocycles. The first-order valence-corrected chi connectivity index (χ1v) is 34.5. The van der Waals surface area contributed by atoms with Gasteiger partial charge in [-0.3, -0.25) is 14.4 Å². The molecule has 0 aliphatic heterocycles. The summed E-state index contributed by atoms with van der Waals surface area (Å²) < 4.78 is 17.0. The van der Waals surface area contributed by atoms with Crippen molar-refractivity contribution in [3.8, 4) is 0 Å². The van der Waals surface area contributed by atoms with Gasteiger partial charge in [-0.25, -0.2) is 0 Å². The third kappa shape index (κ3) is 66.6. The Morgan fingerprint density at radius 2 is 0.488 bits per heavy atom. The number of rotatable bonds is 62. The molecular formula is C76H128O6. The predicted octanol–water partition coefficient (Wildman–Crippen LogP) is 23.9. The van der Waals surface area contributed by atoms with Crippen molar-refractivity contribution in [2.24, 2.45) is 0 Å². The van der Waals surface area contributed by atoms with Gasteiger partial charge in [-0.15, -0.1) is 0 Å². The third-order valence-corrected chi connectivity index (χ3v) is 14.7. The third-order valence-electron chi connectivity index (χ3n) is 14.7. The molecule has 0 rings (SSSR count). The van der Waals surface area contributed by atoms with Crippen LogP contribution in [0.4, 0.5) is 0 Å². The lowest BCUT2D eigenvalue weighted by molar-refractivity contribution is -0.167. The van der Waals surface area contributed by atoms with E-state index in [1.165, 1.54) is 154 Å². The monoisotopic (exact) mass is 1140 g/mol. The molecule has 0 fully saturated rings. The highest BCUT2D eigenvalue weighted by atomic mass is 16.6. The van der Waals surface area contributed by atoms with E-state index in [2.05, 4.69) is 142 Å². The molecule has 0 heterocycles. The van der Waals surface area contributed by atoms with E-state index >= 15 is 0 Å². The minimum atomic E-state index is -0.792. The molecule has 0 saturated carbocycles. The summed E-state index contributed by atoms with van der Waals surface area (Å²) in [6.07, 6.45) is 96.4. The zero-order valence-electron chi connectivity index (χ0n) is 53.7. The molecule has 6 heteroatoms. The zero-order chi connectivity index (χ0) is 59.2. The molecule has 0 bridgehead atoms. The Morgan fingerprint density at radius 3 is 0.780 bits per heavy atom. The van der Waals surface area contributed by atoms with Gasteiger partial charge in [0, 0.05) is 19.3 Å². The number of unbranched alkanes of at least 4 members (excludes halogenated alkanes) is 31. The fraction of sp³-hybridized carbons (Fsp3) is 0.697. The van der Waals surface area contributed by atoms with E-state index in [0.717, 1.165) is 128 Å². The van der Waals surface area contributed by atoms with E-state index in [9.17, 15) is 14.4 Å². The van der Waals surface area contributed by atoms with Gasteiger partial charge in [0.05, 0.1) is 0 Å². The number of carbonyl (C=O) groups is 3. The lowest BCUT2D eigenvalue weighted by Crippen LogP contribution is -2.30. The molecule has 0 saturated heterocycles. The molecule has 82 heavy (non-hydrogen) atoms. The van der Waals surface area contributed by atoms with Crippen LogP contribution in [0.3, 0.4) is 0 Å². The molecule has 0 radical (unpaired) electrons. The Balaban J connectivity index is 4.34. The van der Waals surface area contributed by atoms with Gasteiger partial charge < -0.3 is 14.2 Å². The first-order valence-electron chi connectivity index (χ1n) is 34.5. The maximum Gasteiger partial charge on any atom is 0.306 e. The molecule has 0 spiro atoms. The van der Waals surface area contributed by atoms with Crippen molar-refractivity contribution in [3.63, 3.8) is 0 Å². The van der Waals surface area contributed by atoms with Crippen molar-refractivity contribution in [3.05, 3.63) is 122 Å². The molecular weight excluding hydrogens is 1010 g/mol. The maximum absolute atomic E-state index is 12.9. The second-order valence-corrected chi connectivity index (χ2v) is 22.7. The van der Waals surface area contributed by atoms with E-state index in [1.807, 2.05) is 0 Å². The van der Waals surface area contributed by atoms with E-state index in [-0.39, 0.29) is 31.1 Å². The Bertz CT molecular complexity index is 1690. The Hall–Kier alpha value is -4.19. The first-order chi connectivity index (χ1) is 40.5. The average molecular weight is 1140 g/mol. The summed E-state index contributed by atoms with van der Waals surface area (Å²) in [4.78, 5) is 38.4. The topological polar surface area (TPSA) is 78.9 Å². The number of esters is 3. The zero-order valence-corrected chi connectivity index (χ0v) is 53.7. The summed E-state index contributed by atoms with van der Waals surface area (Å²) in [5.74, 6) is -0.901. The number of carbonyl (C=O) groups excluding carboxylic acids is 3. The summed E-state index contributed by atoms with van der Waals surface area (Å²) in [5.41, 5.74) is 0. The smallest absolute Gasteiger partial charge is 0.306 e. The Morgan fingerprint density at radius 1 is 0.256 bits per heavy atom. The maximum atomic E-state index is 12.9. The number of allylic oxidation sites excluding steroid dienone is 20. The summed E-state index contributed by atoms with van der Waals surface area (Å²) in [6, 6.07) is 0. The normalized spacial score (nSPS) is 12.9. The average Bonchev–Trinajstić information content (AvgIpc) is 3.47. The van der Waals surface area contributed by atoms with Gasteiger partial charge in [0.1, 0.15) is 13.2 Å². The fourth-order valence-electron chi connectivity index (χ4n) is 9.49. The van der Waals surface area contributed by atoms with E-state index in [4.69, 9.17) is 14.2 Å². The molecule has 0 N–H and O–H groups in total. The van der Waals surface area contributed by atoms with Crippen molar-refractivity contribution in [1.82, 2.24) is 0 Å². The molecule has 1 unspecified atom stereocenters. The minimum Gasteiger partial charge on any atom is -0.462 e. The Labute approximate surface area is 507 Å². The quantitative estimate of drug-likeness (QED) is 0.0261. The highest BCUT2D eigenvalue weighted by molar-refractivity contribution is 5.71.